The molecule has 39 heavy (non-hydrogen) atoms. The first-order valence-corrected chi connectivity index (χ1v) is 13.0. The minimum atomic E-state index is -1.16. The van der Waals surface area contributed by atoms with Crippen LogP contribution in [0.25, 0.3) is 0 Å². The summed E-state index contributed by atoms with van der Waals surface area (Å²) in [5, 5.41) is 10.4. The Morgan fingerprint density at radius 3 is 2.36 bits per heavy atom. The Kier molecular flexibility index (Phi) is 10.2. The molecule has 0 fully saturated rings. The largest absolute Gasteiger partial charge is 0.445 e. The quantitative estimate of drug-likeness (QED) is 0.341. The minimum Gasteiger partial charge on any atom is -0.445 e. The van der Waals surface area contributed by atoms with E-state index >= 15 is 0 Å². The summed E-state index contributed by atoms with van der Waals surface area (Å²) in [4.78, 5) is 68.3. The Labute approximate surface area is 227 Å². The van der Waals surface area contributed by atoms with Crippen molar-refractivity contribution in [1.29, 1.82) is 0 Å². The van der Waals surface area contributed by atoms with Gasteiger partial charge in [-0.05, 0) is 17.4 Å². The lowest BCUT2D eigenvalue weighted by atomic mass is 9.99. The van der Waals surface area contributed by atoms with E-state index in [2.05, 4.69) is 26.3 Å². The number of hydrogen-bond donors (Lipinski definition) is 4. The summed E-state index contributed by atoms with van der Waals surface area (Å²) >= 11 is 0. The molecule has 1 aromatic heterocycles. The molecule has 3 atom stereocenters. The zero-order valence-electron chi connectivity index (χ0n) is 22.6. The topological polar surface area (TPSA) is 161 Å². The van der Waals surface area contributed by atoms with Crippen molar-refractivity contribution in [3.63, 3.8) is 0 Å². The molecule has 12 nitrogen and oxygen atoms in total. The van der Waals surface area contributed by atoms with Crippen LogP contribution in [0.4, 0.5) is 4.79 Å². The van der Waals surface area contributed by atoms with E-state index in [1.807, 2.05) is 30.3 Å². The molecule has 2 heterocycles. The highest BCUT2D eigenvalue weighted by molar-refractivity contribution is 6.38. The second kappa shape index (κ2) is 13.5. The van der Waals surface area contributed by atoms with E-state index in [1.54, 1.807) is 44.7 Å². The number of ether oxygens (including phenoxy) is 1. The average molecular weight is 541 g/mol. The molecular formula is C27H36N6O6. The van der Waals surface area contributed by atoms with Gasteiger partial charge in [0, 0.05) is 31.9 Å². The standard InChI is InChI=1S/C27H36N6O6/c1-16(2)21(24(35)30-19-14-20-28-10-12-33(20)13-11-29-26(37)23(19)34)31-25(36)22(17(3)4)32-27(38)39-15-18-8-6-5-7-9-18/h5-10,12,16-17,19,21-22H,11,13-15H2,1-4H3,(H,29,37)(H,30,35)(H,31,36)(H,32,38). The predicted octanol–water partition coefficient (Wildman–Crippen LogP) is 0.701. The van der Waals surface area contributed by atoms with Crippen LogP contribution >= 0.6 is 0 Å². The maximum atomic E-state index is 13.3. The first-order valence-electron chi connectivity index (χ1n) is 13.0. The number of fused-ring (bicyclic) bond motifs is 1. The third kappa shape index (κ3) is 8.13. The zero-order chi connectivity index (χ0) is 28.5. The van der Waals surface area contributed by atoms with Crippen LogP contribution in [0, 0.1) is 11.8 Å². The fourth-order valence-corrected chi connectivity index (χ4v) is 4.13. The number of carbonyl (C=O) groups excluding carboxylic acids is 5. The minimum absolute atomic E-state index is 0.0210. The number of benzene rings is 1. The molecular weight excluding hydrogens is 504 g/mol. The fraction of sp³-hybridized carbons (Fsp3) is 0.481. The molecule has 4 N–H and O–H groups in total. The third-order valence-corrected chi connectivity index (χ3v) is 6.37. The summed E-state index contributed by atoms with van der Waals surface area (Å²) in [6, 6.07) is 5.94. The molecule has 2 aromatic rings. The monoisotopic (exact) mass is 540 g/mol. The van der Waals surface area contributed by atoms with Gasteiger partial charge in [-0.15, -0.1) is 0 Å². The predicted molar refractivity (Wildman–Crippen MR) is 141 cm³/mol. The molecule has 0 spiro atoms. The second-order valence-corrected chi connectivity index (χ2v) is 10.1. The first kappa shape index (κ1) is 29.3. The number of amides is 4. The lowest BCUT2D eigenvalue weighted by Gasteiger charge is -2.28. The van der Waals surface area contributed by atoms with Gasteiger partial charge in [-0.2, -0.15) is 0 Å². The van der Waals surface area contributed by atoms with E-state index in [0.717, 1.165) is 5.56 Å². The average Bonchev–Trinajstić information content (AvgIpc) is 3.35. The van der Waals surface area contributed by atoms with Crippen LogP contribution in [0.5, 0.6) is 0 Å². The van der Waals surface area contributed by atoms with Gasteiger partial charge in [0.1, 0.15) is 30.6 Å². The van der Waals surface area contributed by atoms with Crippen LogP contribution in [0.15, 0.2) is 42.7 Å². The van der Waals surface area contributed by atoms with Gasteiger partial charge in [0.05, 0.1) is 0 Å². The number of Topliss-reactive ketones (excluding diaryl/α,β-unsaturated/α-hetero) is 1. The van der Waals surface area contributed by atoms with Crippen LogP contribution in [-0.2, 0) is 43.5 Å². The van der Waals surface area contributed by atoms with Gasteiger partial charge < -0.3 is 30.6 Å². The number of hydrogen-bond acceptors (Lipinski definition) is 7. The van der Waals surface area contributed by atoms with Gasteiger partial charge in [0.25, 0.3) is 5.91 Å². The van der Waals surface area contributed by atoms with Crippen molar-refractivity contribution in [2.45, 2.75) is 65.4 Å². The molecule has 210 valence electrons. The Bertz CT molecular complexity index is 1180. The van der Waals surface area contributed by atoms with Crippen LogP contribution < -0.4 is 21.3 Å². The van der Waals surface area contributed by atoms with E-state index in [-0.39, 0.29) is 31.4 Å². The summed E-state index contributed by atoms with van der Waals surface area (Å²) < 4.78 is 7.04. The molecule has 12 heteroatoms. The molecule has 1 aliphatic heterocycles. The Hall–Kier alpha value is -4.22. The van der Waals surface area contributed by atoms with Crippen LogP contribution in [0.2, 0.25) is 0 Å². The van der Waals surface area contributed by atoms with Crippen molar-refractivity contribution in [2.75, 3.05) is 6.54 Å². The molecule has 0 bridgehead atoms. The van der Waals surface area contributed by atoms with Crippen molar-refractivity contribution >= 4 is 29.6 Å². The zero-order valence-corrected chi connectivity index (χ0v) is 22.6. The lowest BCUT2D eigenvalue weighted by molar-refractivity contribution is -0.140. The third-order valence-electron chi connectivity index (χ3n) is 6.37. The van der Waals surface area contributed by atoms with Crippen LogP contribution in [0.3, 0.4) is 0 Å². The van der Waals surface area contributed by atoms with Gasteiger partial charge in [-0.1, -0.05) is 58.0 Å². The van der Waals surface area contributed by atoms with E-state index in [9.17, 15) is 24.0 Å². The van der Waals surface area contributed by atoms with Crippen LogP contribution in [0.1, 0.15) is 39.1 Å². The maximum absolute atomic E-state index is 13.3. The smallest absolute Gasteiger partial charge is 0.408 e. The summed E-state index contributed by atoms with van der Waals surface area (Å²) in [7, 11) is 0. The number of nitrogens with one attached hydrogen (secondary N) is 4. The molecule has 3 unspecified atom stereocenters. The van der Waals surface area contributed by atoms with E-state index in [0.29, 0.717) is 12.4 Å². The van der Waals surface area contributed by atoms with Gasteiger partial charge in [-0.3, -0.25) is 19.2 Å². The second-order valence-electron chi connectivity index (χ2n) is 10.1. The van der Waals surface area contributed by atoms with Crippen molar-refractivity contribution in [3.8, 4) is 0 Å². The van der Waals surface area contributed by atoms with Crippen molar-refractivity contribution < 1.29 is 28.7 Å². The maximum Gasteiger partial charge on any atom is 0.408 e. The van der Waals surface area contributed by atoms with E-state index in [1.165, 1.54) is 0 Å². The number of alkyl carbamates (subject to hydrolysis) is 1. The highest BCUT2D eigenvalue weighted by Crippen LogP contribution is 2.10. The number of imidazole rings is 1. The lowest BCUT2D eigenvalue weighted by Crippen LogP contribution is -2.59. The normalized spacial score (nSPS) is 17.1. The Morgan fingerprint density at radius 1 is 1.03 bits per heavy atom. The van der Waals surface area contributed by atoms with E-state index in [4.69, 9.17) is 4.74 Å². The molecule has 0 radical (unpaired) electrons. The molecule has 0 saturated carbocycles. The first-order chi connectivity index (χ1) is 18.6. The van der Waals surface area contributed by atoms with Gasteiger partial charge in [-0.25, -0.2) is 9.78 Å². The number of rotatable bonds is 9. The Balaban J connectivity index is 1.67. The molecule has 0 saturated heterocycles. The summed E-state index contributed by atoms with van der Waals surface area (Å²) in [5.41, 5.74) is 0.797. The highest BCUT2D eigenvalue weighted by atomic mass is 16.5. The van der Waals surface area contributed by atoms with E-state index < -0.39 is 47.7 Å². The molecule has 1 aliphatic rings. The number of aromatic nitrogens is 2. The van der Waals surface area contributed by atoms with Gasteiger partial charge in [0.2, 0.25) is 17.6 Å². The van der Waals surface area contributed by atoms with Gasteiger partial charge in [0.15, 0.2) is 0 Å². The summed E-state index contributed by atoms with van der Waals surface area (Å²) in [6.07, 6.45) is 2.57. The SMILES string of the molecule is CC(C)C(NC(=O)OCc1ccccc1)C(=O)NC(C(=O)NC1Cc2nccn2CCNC(=O)C1=O)C(C)C. The number of carbonyl (C=O) groups is 5. The number of nitrogens with zero attached hydrogens (tertiary/aromatic N) is 2. The fourth-order valence-electron chi connectivity index (χ4n) is 4.13. The molecule has 0 aliphatic carbocycles. The van der Waals surface area contributed by atoms with Gasteiger partial charge >= 0.3 is 6.09 Å². The highest BCUT2D eigenvalue weighted by Gasteiger charge is 2.35. The number of ketones is 1. The Morgan fingerprint density at radius 2 is 1.69 bits per heavy atom. The van der Waals surface area contributed by atoms with Crippen molar-refractivity contribution in [2.24, 2.45) is 11.8 Å². The summed E-state index contributed by atoms with van der Waals surface area (Å²) in [5.74, 6) is -2.93. The molecule has 1 aromatic carbocycles. The van der Waals surface area contributed by atoms with Crippen molar-refractivity contribution in [1.82, 2.24) is 30.8 Å². The van der Waals surface area contributed by atoms with Crippen LogP contribution in [-0.4, -0.2) is 63.8 Å². The van der Waals surface area contributed by atoms with Crippen molar-refractivity contribution in [3.05, 3.63) is 54.1 Å². The summed E-state index contributed by atoms with van der Waals surface area (Å²) in [6.45, 7) is 7.71. The molecule has 3 rings (SSSR count). The molecule has 4 amide bonds.